The summed E-state index contributed by atoms with van der Waals surface area (Å²) in [5.74, 6) is 2.54. The summed E-state index contributed by atoms with van der Waals surface area (Å²) in [7, 11) is 0. The van der Waals surface area contributed by atoms with Crippen molar-refractivity contribution < 1.29 is 0 Å². The Morgan fingerprint density at radius 1 is 1.33 bits per heavy atom. The fraction of sp³-hybridized carbons (Fsp3) is 0.571. The largest absolute Gasteiger partial charge is 0.293 e. The van der Waals surface area contributed by atoms with Crippen LogP contribution < -0.4 is 0 Å². The van der Waals surface area contributed by atoms with Gasteiger partial charge in [-0.05, 0) is 0 Å². The average Bonchev–Trinajstić information content (AvgIpc) is 1.91. The molecule has 2 heteroatoms. The van der Waals surface area contributed by atoms with E-state index in [9.17, 15) is 0 Å². The predicted molar refractivity (Wildman–Crippen MR) is 43.4 cm³/mol. The number of thioether (sulfide) groups is 1. The fourth-order valence-electron chi connectivity index (χ4n) is 0.876. The minimum absolute atomic E-state index is 1.19. The van der Waals surface area contributed by atoms with Crippen molar-refractivity contribution in [2.45, 2.75) is 0 Å². The van der Waals surface area contributed by atoms with Gasteiger partial charge in [-0.25, -0.2) is 0 Å². The lowest BCUT2D eigenvalue weighted by Gasteiger charge is -2.23. The third-order valence-electron chi connectivity index (χ3n) is 1.36. The van der Waals surface area contributed by atoms with Crippen LogP contribution in [0.5, 0.6) is 0 Å². The van der Waals surface area contributed by atoms with Gasteiger partial charge in [0.2, 0.25) is 0 Å². The van der Waals surface area contributed by atoms with Crippen LogP contribution in [0.1, 0.15) is 0 Å². The Morgan fingerprint density at radius 2 is 2.00 bits per heavy atom. The van der Waals surface area contributed by atoms with Crippen LogP contribution in [0, 0.1) is 6.54 Å². The van der Waals surface area contributed by atoms with E-state index < -0.39 is 0 Å². The topological polar surface area (TPSA) is 3.24 Å². The van der Waals surface area contributed by atoms with Crippen LogP contribution in [0.15, 0.2) is 12.7 Å². The highest BCUT2D eigenvalue weighted by molar-refractivity contribution is 7.99. The predicted octanol–water partition coefficient (Wildman–Crippen LogP) is 1.38. The smallest absolute Gasteiger partial charge is 0.0467 e. The Balaban J connectivity index is 2.15. The standard InChI is InChI=1S/C7H12NS/c1-2-3-8-4-6-9-7-5-8/h2-3H,1,4-7H2. The fourth-order valence-corrected chi connectivity index (χ4v) is 1.81. The van der Waals surface area contributed by atoms with E-state index in [1.54, 1.807) is 0 Å². The highest BCUT2D eigenvalue weighted by Crippen LogP contribution is 2.09. The van der Waals surface area contributed by atoms with Crippen LogP contribution in [0.4, 0.5) is 0 Å². The Kier molecular flexibility index (Phi) is 3.15. The monoisotopic (exact) mass is 142 g/mol. The lowest BCUT2D eigenvalue weighted by atomic mass is 10.4. The Bertz CT molecular complexity index is 86.9. The van der Waals surface area contributed by atoms with Crippen LogP contribution >= 0.6 is 11.8 Å². The van der Waals surface area contributed by atoms with Crippen molar-refractivity contribution in [1.29, 1.82) is 0 Å². The first-order chi connectivity index (χ1) is 4.43. The van der Waals surface area contributed by atoms with Gasteiger partial charge in [0, 0.05) is 31.1 Å². The molecule has 0 aromatic heterocycles. The summed E-state index contributed by atoms with van der Waals surface area (Å²) in [4.78, 5) is 2.31. The Labute approximate surface area is 61.1 Å². The second kappa shape index (κ2) is 3.96. The summed E-state index contributed by atoms with van der Waals surface area (Å²) in [6, 6.07) is 0. The third kappa shape index (κ3) is 2.41. The molecule has 0 bridgehead atoms. The summed E-state index contributed by atoms with van der Waals surface area (Å²) in [5, 5.41) is 0. The van der Waals surface area contributed by atoms with Gasteiger partial charge >= 0.3 is 0 Å². The van der Waals surface area contributed by atoms with Gasteiger partial charge in [-0.15, -0.1) is 6.58 Å². The quantitative estimate of drug-likeness (QED) is 0.573. The van der Waals surface area contributed by atoms with Crippen molar-refractivity contribution >= 4 is 11.8 Å². The molecule has 1 nitrogen and oxygen atoms in total. The molecule has 0 spiro atoms. The molecule has 0 saturated carbocycles. The zero-order chi connectivity index (χ0) is 6.53. The molecule has 0 unspecified atom stereocenters. The lowest BCUT2D eigenvalue weighted by molar-refractivity contribution is 0.385. The number of nitrogens with zero attached hydrogens (tertiary/aromatic N) is 1. The molecule has 1 aliphatic heterocycles. The molecule has 1 heterocycles. The molecule has 0 aromatic carbocycles. The summed E-state index contributed by atoms with van der Waals surface area (Å²) < 4.78 is 0. The van der Waals surface area contributed by atoms with E-state index in [-0.39, 0.29) is 0 Å². The molecule has 1 fully saturated rings. The van der Waals surface area contributed by atoms with Gasteiger partial charge in [-0.2, -0.15) is 11.8 Å². The third-order valence-corrected chi connectivity index (χ3v) is 2.30. The van der Waals surface area contributed by atoms with E-state index in [2.05, 4.69) is 18.0 Å². The van der Waals surface area contributed by atoms with Gasteiger partial charge in [0.15, 0.2) is 0 Å². The Hall–Kier alpha value is 0.0500. The molecule has 51 valence electrons. The van der Waals surface area contributed by atoms with Crippen molar-refractivity contribution in [2.75, 3.05) is 24.6 Å². The van der Waals surface area contributed by atoms with E-state index in [1.165, 1.54) is 24.6 Å². The molecule has 1 rings (SSSR count). The molecule has 0 atom stereocenters. The molecule has 1 saturated heterocycles. The number of hydrogen-bond donors (Lipinski definition) is 0. The minimum atomic E-state index is 1.19. The molecule has 0 amide bonds. The van der Waals surface area contributed by atoms with Gasteiger partial charge in [0.25, 0.3) is 0 Å². The molecular weight excluding hydrogens is 130 g/mol. The highest BCUT2D eigenvalue weighted by atomic mass is 32.2. The zero-order valence-electron chi connectivity index (χ0n) is 5.55. The van der Waals surface area contributed by atoms with Crippen LogP contribution in [0.2, 0.25) is 0 Å². The van der Waals surface area contributed by atoms with Crippen LogP contribution in [-0.2, 0) is 0 Å². The van der Waals surface area contributed by atoms with E-state index >= 15 is 0 Å². The average molecular weight is 142 g/mol. The SMILES string of the molecule is C=C[CH]N1CCSCC1. The van der Waals surface area contributed by atoms with E-state index in [0.29, 0.717) is 0 Å². The molecule has 0 aromatic rings. The van der Waals surface area contributed by atoms with Crippen LogP contribution in [-0.4, -0.2) is 29.5 Å². The molecule has 0 aliphatic carbocycles. The summed E-state index contributed by atoms with van der Waals surface area (Å²) in [6.45, 7) is 8.10. The summed E-state index contributed by atoms with van der Waals surface area (Å²) in [6.07, 6.45) is 1.86. The lowest BCUT2D eigenvalue weighted by Crippen LogP contribution is -2.29. The maximum atomic E-state index is 3.65. The number of hydrogen-bond acceptors (Lipinski definition) is 2. The van der Waals surface area contributed by atoms with E-state index in [4.69, 9.17) is 0 Å². The molecular formula is C7H12NS. The molecule has 9 heavy (non-hydrogen) atoms. The Morgan fingerprint density at radius 3 is 2.56 bits per heavy atom. The van der Waals surface area contributed by atoms with Gasteiger partial charge < -0.3 is 0 Å². The normalized spacial score (nSPS) is 21.8. The second-order valence-corrected chi connectivity index (χ2v) is 3.26. The van der Waals surface area contributed by atoms with Gasteiger partial charge in [0.1, 0.15) is 0 Å². The van der Waals surface area contributed by atoms with Crippen molar-refractivity contribution in [2.24, 2.45) is 0 Å². The minimum Gasteiger partial charge on any atom is -0.293 e. The van der Waals surface area contributed by atoms with Gasteiger partial charge in [-0.3, -0.25) is 4.90 Å². The summed E-state index contributed by atoms with van der Waals surface area (Å²) in [5.41, 5.74) is 0. The first kappa shape index (κ1) is 7.16. The molecule has 1 radical (unpaired) electrons. The van der Waals surface area contributed by atoms with Crippen LogP contribution in [0.3, 0.4) is 0 Å². The van der Waals surface area contributed by atoms with Crippen LogP contribution in [0.25, 0.3) is 0 Å². The van der Waals surface area contributed by atoms with Crippen molar-refractivity contribution in [3.8, 4) is 0 Å². The first-order valence-corrected chi connectivity index (χ1v) is 4.36. The van der Waals surface area contributed by atoms with E-state index in [1.807, 2.05) is 17.8 Å². The maximum absolute atomic E-state index is 3.65. The van der Waals surface area contributed by atoms with Crippen molar-refractivity contribution in [1.82, 2.24) is 4.90 Å². The summed E-state index contributed by atoms with van der Waals surface area (Å²) >= 11 is 2.03. The van der Waals surface area contributed by atoms with E-state index in [0.717, 1.165) is 0 Å². The van der Waals surface area contributed by atoms with Crippen molar-refractivity contribution in [3.63, 3.8) is 0 Å². The molecule has 1 aliphatic rings. The van der Waals surface area contributed by atoms with Gasteiger partial charge in [-0.1, -0.05) is 6.08 Å². The maximum Gasteiger partial charge on any atom is 0.0467 e. The number of rotatable bonds is 2. The molecule has 0 N–H and O–H groups in total. The van der Waals surface area contributed by atoms with Crippen molar-refractivity contribution in [3.05, 3.63) is 19.2 Å². The zero-order valence-corrected chi connectivity index (χ0v) is 6.36. The highest BCUT2D eigenvalue weighted by Gasteiger charge is 2.07. The first-order valence-electron chi connectivity index (χ1n) is 3.21. The second-order valence-electron chi connectivity index (χ2n) is 2.03. The van der Waals surface area contributed by atoms with Gasteiger partial charge in [0.05, 0.1) is 0 Å².